The summed E-state index contributed by atoms with van der Waals surface area (Å²) in [6, 6.07) is 19.7. The van der Waals surface area contributed by atoms with Crippen molar-refractivity contribution in [3.63, 3.8) is 0 Å². The number of ether oxygens (including phenoxy) is 1. The fourth-order valence-electron chi connectivity index (χ4n) is 6.25. The second-order valence-electron chi connectivity index (χ2n) is 11.5. The maximum absolute atomic E-state index is 7.22. The molecule has 4 heteroatoms. The molecule has 0 radical (unpaired) electrons. The summed E-state index contributed by atoms with van der Waals surface area (Å²) in [4.78, 5) is 7.61. The predicted molar refractivity (Wildman–Crippen MR) is 161 cm³/mol. The molecule has 2 aliphatic heterocycles. The van der Waals surface area contributed by atoms with E-state index in [9.17, 15) is 0 Å². The van der Waals surface area contributed by atoms with Gasteiger partial charge in [-0.2, -0.15) is 0 Å². The molecule has 0 saturated carbocycles. The van der Waals surface area contributed by atoms with Crippen molar-refractivity contribution in [1.29, 1.82) is 0 Å². The molecule has 0 aromatic heterocycles. The summed E-state index contributed by atoms with van der Waals surface area (Å²) in [5.74, 6) is 1.30. The molecule has 0 saturated heterocycles. The molecule has 1 aliphatic carbocycles. The zero-order valence-corrected chi connectivity index (χ0v) is 23.0. The number of nitrogens with one attached hydrogen (secondary N) is 1. The van der Waals surface area contributed by atoms with Crippen LogP contribution in [-0.4, -0.2) is 31.1 Å². The standard InChI is InChI=1S/C34H37N3O/c1-6-35-25-13-11-12-24(18-19-25)28-20-31-32(27-15-8-7-14-26(27)28)36-22-34(38-31)33(4,5)29-16-9-10-17-30(29)37(34)21-23(2)3/h7-20,22-23,25,35H,6,21H2,1-5H3. The second-order valence-corrected chi connectivity index (χ2v) is 11.5. The molecule has 0 amide bonds. The topological polar surface area (TPSA) is 36.9 Å². The van der Waals surface area contributed by atoms with E-state index in [2.05, 4.69) is 136 Å². The van der Waals surface area contributed by atoms with Crippen molar-refractivity contribution in [3.05, 3.63) is 96.1 Å². The molecule has 1 spiro atoms. The highest BCUT2D eigenvalue weighted by molar-refractivity contribution is 6.06. The minimum absolute atomic E-state index is 0.226. The summed E-state index contributed by atoms with van der Waals surface area (Å²) in [6.45, 7) is 13.0. The number of likely N-dealkylation sites (N-methyl/N-ethyl adjacent to an activating group) is 1. The molecule has 4 nitrogen and oxygen atoms in total. The Labute approximate surface area is 226 Å². The van der Waals surface area contributed by atoms with Gasteiger partial charge in [-0.25, -0.2) is 0 Å². The van der Waals surface area contributed by atoms with E-state index in [0.717, 1.165) is 35.5 Å². The smallest absolute Gasteiger partial charge is 0.228 e. The number of fused-ring (bicyclic) bond motifs is 4. The number of hydrogen-bond acceptors (Lipinski definition) is 4. The Hall–Kier alpha value is -3.63. The summed E-state index contributed by atoms with van der Waals surface area (Å²) in [7, 11) is 0. The van der Waals surface area contributed by atoms with Gasteiger partial charge in [0, 0.05) is 23.7 Å². The number of benzene rings is 3. The number of aliphatic imine (C=N–C) groups is 1. The molecule has 38 heavy (non-hydrogen) atoms. The van der Waals surface area contributed by atoms with Crippen molar-refractivity contribution >= 4 is 33.9 Å². The Morgan fingerprint density at radius 1 is 1.03 bits per heavy atom. The molecule has 3 aromatic rings. The summed E-state index contributed by atoms with van der Waals surface area (Å²) in [6.07, 6.45) is 13.1. The summed E-state index contributed by atoms with van der Waals surface area (Å²) in [5.41, 5.74) is 4.76. The van der Waals surface area contributed by atoms with Gasteiger partial charge >= 0.3 is 0 Å². The molecule has 2 unspecified atom stereocenters. The van der Waals surface area contributed by atoms with Gasteiger partial charge in [0.2, 0.25) is 5.72 Å². The fourth-order valence-corrected chi connectivity index (χ4v) is 6.25. The van der Waals surface area contributed by atoms with Crippen LogP contribution in [-0.2, 0) is 5.41 Å². The van der Waals surface area contributed by atoms with Gasteiger partial charge in [-0.1, -0.05) is 93.6 Å². The van der Waals surface area contributed by atoms with Crippen molar-refractivity contribution in [2.75, 3.05) is 18.0 Å². The van der Waals surface area contributed by atoms with Crippen LogP contribution in [0.5, 0.6) is 5.75 Å². The Bertz CT molecular complexity index is 1510. The lowest BCUT2D eigenvalue weighted by atomic mass is 9.77. The van der Waals surface area contributed by atoms with Gasteiger partial charge in [0.1, 0.15) is 11.4 Å². The van der Waals surface area contributed by atoms with E-state index >= 15 is 0 Å². The van der Waals surface area contributed by atoms with Crippen LogP contribution in [0.3, 0.4) is 0 Å². The van der Waals surface area contributed by atoms with E-state index in [1.165, 1.54) is 22.2 Å². The van der Waals surface area contributed by atoms with Crippen LogP contribution in [0.15, 0.2) is 90.0 Å². The first-order valence-corrected chi connectivity index (χ1v) is 13.8. The predicted octanol–water partition coefficient (Wildman–Crippen LogP) is 7.57. The maximum atomic E-state index is 7.22. The maximum Gasteiger partial charge on any atom is 0.228 e. The highest BCUT2D eigenvalue weighted by Gasteiger charge is 2.59. The highest BCUT2D eigenvalue weighted by atomic mass is 16.5. The van der Waals surface area contributed by atoms with E-state index in [1.54, 1.807) is 0 Å². The molecule has 2 atom stereocenters. The van der Waals surface area contributed by atoms with Gasteiger partial charge in [-0.3, -0.25) is 4.99 Å². The number of hydrogen-bond donors (Lipinski definition) is 1. The highest BCUT2D eigenvalue weighted by Crippen LogP contribution is 2.55. The van der Waals surface area contributed by atoms with E-state index < -0.39 is 5.72 Å². The summed E-state index contributed by atoms with van der Waals surface area (Å²) >= 11 is 0. The van der Waals surface area contributed by atoms with E-state index in [4.69, 9.17) is 9.73 Å². The van der Waals surface area contributed by atoms with Gasteiger partial charge < -0.3 is 15.0 Å². The molecular formula is C34H37N3O. The molecule has 2 heterocycles. The molecule has 194 valence electrons. The van der Waals surface area contributed by atoms with E-state index in [1.807, 2.05) is 0 Å². The van der Waals surface area contributed by atoms with Crippen LogP contribution in [0, 0.1) is 5.92 Å². The molecule has 3 aliphatic rings. The first-order valence-electron chi connectivity index (χ1n) is 13.8. The third kappa shape index (κ3) is 3.73. The van der Waals surface area contributed by atoms with E-state index in [0.29, 0.717) is 5.92 Å². The molecule has 0 bridgehead atoms. The lowest BCUT2D eigenvalue weighted by Gasteiger charge is -2.47. The number of para-hydroxylation sites is 1. The molecular weight excluding hydrogens is 466 g/mol. The third-order valence-corrected chi connectivity index (χ3v) is 8.16. The van der Waals surface area contributed by atoms with Gasteiger partial charge in [-0.15, -0.1) is 0 Å². The Balaban J connectivity index is 1.52. The molecule has 1 N–H and O–H groups in total. The minimum atomic E-state index is -0.711. The van der Waals surface area contributed by atoms with Gasteiger partial charge in [0.25, 0.3) is 0 Å². The summed E-state index contributed by atoms with van der Waals surface area (Å²) < 4.78 is 7.22. The van der Waals surface area contributed by atoms with Crippen LogP contribution < -0.4 is 15.0 Å². The van der Waals surface area contributed by atoms with Crippen LogP contribution in [0.2, 0.25) is 0 Å². The first-order chi connectivity index (χ1) is 18.4. The van der Waals surface area contributed by atoms with Crippen molar-refractivity contribution in [2.45, 2.75) is 51.8 Å². The van der Waals surface area contributed by atoms with Crippen LogP contribution in [0.4, 0.5) is 11.4 Å². The van der Waals surface area contributed by atoms with Crippen molar-refractivity contribution in [3.8, 4) is 5.75 Å². The van der Waals surface area contributed by atoms with E-state index in [-0.39, 0.29) is 11.5 Å². The summed E-state index contributed by atoms with van der Waals surface area (Å²) in [5, 5.41) is 5.79. The quantitative estimate of drug-likeness (QED) is 0.390. The largest absolute Gasteiger partial charge is 0.459 e. The first kappa shape index (κ1) is 24.7. The third-order valence-electron chi connectivity index (χ3n) is 8.16. The second kappa shape index (κ2) is 9.28. The van der Waals surface area contributed by atoms with Crippen molar-refractivity contribution in [1.82, 2.24) is 5.32 Å². The fraction of sp³-hybridized carbons (Fsp3) is 0.324. The Morgan fingerprint density at radius 2 is 1.79 bits per heavy atom. The van der Waals surface area contributed by atoms with Gasteiger partial charge in [0.15, 0.2) is 0 Å². The lowest BCUT2D eigenvalue weighted by molar-refractivity contribution is 0.0757. The number of anilines is 1. The Morgan fingerprint density at radius 3 is 2.58 bits per heavy atom. The number of allylic oxidation sites excluding steroid dienone is 4. The minimum Gasteiger partial charge on any atom is -0.459 e. The normalized spacial score (nSPS) is 22.9. The zero-order valence-electron chi connectivity index (χ0n) is 23.0. The van der Waals surface area contributed by atoms with Crippen LogP contribution >= 0.6 is 0 Å². The van der Waals surface area contributed by atoms with Crippen LogP contribution in [0.25, 0.3) is 16.3 Å². The average molecular weight is 504 g/mol. The van der Waals surface area contributed by atoms with Gasteiger partial charge in [-0.05, 0) is 60.5 Å². The monoisotopic (exact) mass is 503 g/mol. The molecule has 0 fully saturated rings. The lowest BCUT2D eigenvalue weighted by Crippen LogP contribution is -2.62. The zero-order chi connectivity index (χ0) is 26.5. The Kier molecular flexibility index (Phi) is 6.03. The SMILES string of the molecule is CCNC1C=CC=C(c2cc3c(c4ccccc24)N=CC2(O3)N(CC(C)C)c3ccccc3C2(C)C)C=C1. The van der Waals surface area contributed by atoms with Crippen LogP contribution in [0.1, 0.15) is 45.7 Å². The molecule has 3 aromatic carbocycles. The number of rotatable bonds is 5. The van der Waals surface area contributed by atoms with Crippen molar-refractivity contribution in [2.24, 2.45) is 10.9 Å². The molecule has 6 rings (SSSR count). The van der Waals surface area contributed by atoms with Crippen molar-refractivity contribution < 1.29 is 4.74 Å². The van der Waals surface area contributed by atoms with Gasteiger partial charge in [0.05, 0.1) is 11.6 Å². The average Bonchev–Trinajstić information content (AvgIpc) is 3.07. The number of nitrogens with zero attached hydrogens (tertiary/aromatic N) is 2.